The topological polar surface area (TPSA) is 89.2 Å². The zero-order valence-electron chi connectivity index (χ0n) is 10.4. The predicted octanol–water partition coefficient (Wildman–Crippen LogP) is 0.111. The molecule has 1 aliphatic heterocycles. The fourth-order valence-corrected chi connectivity index (χ4v) is 1.67. The summed E-state index contributed by atoms with van der Waals surface area (Å²) in [5.41, 5.74) is 5.53. The second-order valence-electron chi connectivity index (χ2n) is 4.70. The summed E-state index contributed by atoms with van der Waals surface area (Å²) in [6, 6.07) is 0. The number of aromatic nitrogens is 3. The molecule has 0 spiro atoms. The molecule has 94 valence electrons. The van der Waals surface area contributed by atoms with Crippen molar-refractivity contribution in [3.8, 4) is 0 Å². The molecular weight excluding hydrogens is 220 g/mol. The van der Waals surface area contributed by atoms with Crippen molar-refractivity contribution in [2.45, 2.75) is 18.9 Å². The Hall–Kier alpha value is -1.63. The first kappa shape index (κ1) is 11.8. The van der Waals surface area contributed by atoms with Gasteiger partial charge >= 0.3 is 0 Å². The van der Waals surface area contributed by atoms with Crippen LogP contribution in [0.15, 0.2) is 0 Å². The Labute approximate surface area is 100 Å². The number of hydrogen-bond donors (Lipinski definition) is 2. The molecule has 0 aromatic carbocycles. The number of nitrogen functional groups attached to an aromatic ring is 1. The van der Waals surface area contributed by atoms with E-state index in [9.17, 15) is 0 Å². The van der Waals surface area contributed by atoms with Crippen LogP contribution in [0, 0.1) is 0 Å². The van der Waals surface area contributed by atoms with Crippen LogP contribution in [-0.2, 0) is 4.74 Å². The minimum Gasteiger partial charge on any atom is -0.379 e. The van der Waals surface area contributed by atoms with Gasteiger partial charge in [-0.2, -0.15) is 15.0 Å². The molecule has 1 atom stereocenters. The van der Waals surface area contributed by atoms with Gasteiger partial charge in [0.15, 0.2) is 0 Å². The quantitative estimate of drug-likeness (QED) is 0.772. The van der Waals surface area contributed by atoms with Crippen LogP contribution in [0.4, 0.5) is 17.8 Å². The van der Waals surface area contributed by atoms with E-state index in [0.717, 1.165) is 13.0 Å². The summed E-state index contributed by atoms with van der Waals surface area (Å²) in [6.07, 6.45) is 0.926. The molecular formula is C10H18N6O. The summed E-state index contributed by atoms with van der Waals surface area (Å²) in [5, 5.41) is 3.26. The van der Waals surface area contributed by atoms with Gasteiger partial charge < -0.3 is 20.7 Å². The molecule has 1 fully saturated rings. The predicted molar refractivity (Wildman–Crippen MR) is 66.0 cm³/mol. The van der Waals surface area contributed by atoms with E-state index in [0.29, 0.717) is 18.5 Å². The van der Waals surface area contributed by atoms with Crippen LogP contribution in [0.2, 0.25) is 0 Å². The normalized spacial score (nSPS) is 23.7. The lowest BCUT2D eigenvalue weighted by Gasteiger charge is -2.24. The summed E-state index contributed by atoms with van der Waals surface area (Å²) in [7, 11) is 3.72. The fraction of sp³-hybridized carbons (Fsp3) is 0.700. The van der Waals surface area contributed by atoms with Gasteiger partial charge in [0, 0.05) is 20.7 Å². The Morgan fingerprint density at radius 2 is 2.12 bits per heavy atom. The first-order chi connectivity index (χ1) is 7.98. The smallest absolute Gasteiger partial charge is 0.231 e. The Morgan fingerprint density at radius 3 is 2.71 bits per heavy atom. The van der Waals surface area contributed by atoms with E-state index >= 15 is 0 Å². The number of nitrogens with two attached hydrogens (primary N) is 1. The van der Waals surface area contributed by atoms with Crippen LogP contribution in [0.5, 0.6) is 0 Å². The van der Waals surface area contributed by atoms with Gasteiger partial charge in [0.25, 0.3) is 0 Å². The van der Waals surface area contributed by atoms with E-state index in [1.54, 1.807) is 4.90 Å². The highest BCUT2D eigenvalue weighted by molar-refractivity contribution is 5.42. The second-order valence-corrected chi connectivity index (χ2v) is 4.70. The van der Waals surface area contributed by atoms with Crippen molar-refractivity contribution in [2.75, 3.05) is 43.3 Å². The van der Waals surface area contributed by atoms with Gasteiger partial charge in [-0.25, -0.2) is 0 Å². The Kier molecular flexibility index (Phi) is 3.01. The zero-order valence-corrected chi connectivity index (χ0v) is 10.4. The molecule has 7 nitrogen and oxygen atoms in total. The fourth-order valence-electron chi connectivity index (χ4n) is 1.67. The minimum atomic E-state index is -0.128. The molecule has 1 aliphatic rings. The van der Waals surface area contributed by atoms with Crippen molar-refractivity contribution in [1.82, 2.24) is 15.0 Å². The van der Waals surface area contributed by atoms with Gasteiger partial charge in [-0.05, 0) is 13.3 Å². The Morgan fingerprint density at radius 1 is 1.35 bits per heavy atom. The average Bonchev–Trinajstić information content (AvgIpc) is 2.63. The molecule has 0 saturated carbocycles. The summed E-state index contributed by atoms with van der Waals surface area (Å²) < 4.78 is 5.36. The summed E-state index contributed by atoms with van der Waals surface area (Å²) in [4.78, 5) is 14.2. The molecule has 2 heterocycles. The van der Waals surface area contributed by atoms with E-state index in [4.69, 9.17) is 10.5 Å². The van der Waals surface area contributed by atoms with Crippen LogP contribution in [0.25, 0.3) is 0 Å². The molecule has 2 rings (SSSR count). The zero-order chi connectivity index (χ0) is 12.5. The number of nitrogens with one attached hydrogen (secondary N) is 1. The van der Waals surface area contributed by atoms with E-state index in [-0.39, 0.29) is 11.5 Å². The van der Waals surface area contributed by atoms with Crippen LogP contribution in [-0.4, -0.2) is 47.8 Å². The van der Waals surface area contributed by atoms with Gasteiger partial charge in [-0.1, -0.05) is 0 Å². The first-order valence-electron chi connectivity index (χ1n) is 5.53. The largest absolute Gasteiger partial charge is 0.379 e. The third kappa shape index (κ3) is 2.73. The molecule has 1 unspecified atom stereocenters. The number of nitrogens with zero attached hydrogens (tertiary/aromatic N) is 4. The molecule has 1 aromatic heterocycles. The van der Waals surface area contributed by atoms with Crippen molar-refractivity contribution in [2.24, 2.45) is 0 Å². The SMILES string of the molecule is CN(C)c1nc(N)nc(NC2(C)CCOC2)n1. The lowest BCUT2D eigenvalue weighted by atomic mass is 10.0. The molecule has 3 N–H and O–H groups in total. The van der Waals surface area contributed by atoms with Crippen LogP contribution in [0.3, 0.4) is 0 Å². The van der Waals surface area contributed by atoms with Crippen LogP contribution < -0.4 is 16.0 Å². The van der Waals surface area contributed by atoms with Crippen LogP contribution in [0.1, 0.15) is 13.3 Å². The maximum atomic E-state index is 5.65. The molecule has 17 heavy (non-hydrogen) atoms. The number of ether oxygens (including phenoxy) is 1. The van der Waals surface area contributed by atoms with Crippen molar-refractivity contribution >= 4 is 17.8 Å². The highest BCUT2D eigenvalue weighted by atomic mass is 16.5. The maximum absolute atomic E-state index is 5.65. The van der Waals surface area contributed by atoms with Gasteiger partial charge in [0.05, 0.1) is 12.1 Å². The second kappa shape index (κ2) is 4.33. The third-order valence-corrected chi connectivity index (χ3v) is 2.67. The lowest BCUT2D eigenvalue weighted by molar-refractivity contribution is 0.185. The van der Waals surface area contributed by atoms with E-state index in [1.165, 1.54) is 0 Å². The molecule has 0 aliphatic carbocycles. The van der Waals surface area contributed by atoms with Gasteiger partial charge in [-0.3, -0.25) is 0 Å². The molecule has 0 bridgehead atoms. The molecule has 0 amide bonds. The summed E-state index contributed by atoms with van der Waals surface area (Å²) in [6.45, 7) is 3.48. The minimum absolute atomic E-state index is 0.128. The van der Waals surface area contributed by atoms with Gasteiger partial charge in [0.2, 0.25) is 17.8 Å². The standard InChI is InChI=1S/C10H18N6O/c1-10(4-5-17-6-10)15-8-12-7(11)13-9(14-8)16(2)3/h4-6H2,1-3H3,(H3,11,12,13,14,15). The van der Waals surface area contributed by atoms with Gasteiger partial charge in [-0.15, -0.1) is 0 Å². The highest BCUT2D eigenvalue weighted by Gasteiger charge is 2.30. The summed E-state index contributed by atoms with van der Waals surface area (Å²) >= 11 is 0. The first-order valence-corrected chi connectivity index (χ1v) is 5.53. The molecule has 7 heteroatoms. The van der Waals surface area contributed by atoms with E-state index in [1.807, 2.05) is 14.1 Å². The Bertz CT molecular complexity index is 402. The summed E-state index contributed by atoms with van der Waals surface area (Å²) in [5.74, 6) is 1.26. The lowest BCUT2D eigenvalue weighted by Crippen LogP contribution is -2.36. The average molecular weight is 238 g/mol. The van der Waals surface area contributed by atoms with E-state index in [2.05, 4.69) is 27.2 Å². The monoisotopic (exact) mass is 238 g/mol. The molecule has 0 radical (unpaired) electrons. The van der Waals surface area contributed by atoms with Crippen molar-refractivity contribution in [3.05, 3.63) is 0 Å². The maximum Gasteiger partial charge on any atom is 0.231 e. The van der Waals surface area contributed by atoms with Crippen LogP contribution >= 0.6 is 0 Å². The number of hydrogen-bond acceptors (Lipinski definition) is 7. The Balaban J connectivity index is 2.20. The van der Waals surface area contributed by atoms with Crippen molar-refractivity contribution in [3.63, 3.8) is 0 Å². The highest BCUT2D eigenvalue weighted by Crippen LogP contribution is 2.22. The third-order valence-electron chi connectivity index (χ3n) is 2.67. The molecule has 1 saturated heterocycles. The number of rotatable bonds is 3. The van der Waals surface area contributed by atoms with Crippen molar-refractivity contribution < 1.29 is 4.74 Å². The van der Waals surface area contributed by atoms with Gasteiger partial charge in [0.1, 0.15) is 0 Å². The number of anilines is 3. The van der Waals surface area contributed by atoms with Crippen molar-refractivity contribution in [1.29, 1.82) is 0 Å². The van der Waals surface area contributed by atoms with E-state index < -0.39 is 0 Å². The molecule has 1 aromatic rings.